The summed E-state index contributed by atoms with van der Waals surface area (Å²) in [4.78, 5) is 41.4. The van der Waals surface area contributed by atoms with Crippen LogP contribution in [-0.2, 0) is 11.3 Å². The third-order valence-electron chi connectivity index (χ3n) is 5.04. The lowest BCUT2D eigenvalue weighted by molar-refractivity contribution is -0.136. The summed E-state index contributed by atoms with van der Waals surface area (Å²) >= 11 is 0. The topological polar surface area (TPSA) is 57.7 Å². The highest BCUT2D eigenvalue weighted by atomic mass is 16.2. The lowest BCUT2D eigenvalue weighted by Gasteiger charge is -2.29. The van der Waals surface area contributed by atoms with E-state index in [0.29, 0.717) is 17.7 Å². The Morgan fingerprint density at radius 3 is 2.08 bits per heavy atom. The monoisotopic (exact) mass is 348 g/mol. The van der Waals surface area contributed by atoms with E-state index in [4.69, 9.17) is 0 Å². The van der Waals surface area contributed by atoms with Crippen molar-refractivity contribution in [3.8, 4) is 0 Å². The molecule has 1 aliphatic heterocycles. The van der Waals surface area contributed by atoms with Crippen molar-refractivity contribution in [3.05, 3.63) is 71.3 Å². The van der Waals surface area contributed by atoms with Gasteiger partial charge in [0.05, 0.1) is 11.1 Å². The minimum Gasteiger partial charge on any atom is -0.334 e. The molecule has 1 fully saturated rings. The molecule has 1 aliphatic carbocycles. The number of benzene rings is 2. The average molecular weight is 348 g/mol. The minimum absolute atomic E-state index is 0.175. The van der Waals surface area contributed by atoms with Crippen molar-refractivity contribution in [3.63, 3.8) is 0 Å². The average Bonchev–Trinajstić information content (AvgIpc) is 3.47. The van der Waals surface area contributed by atoms with Crippen LogP contribution in [0.1, 0.15) is 46.0 Å². The van der Waals surface area contributed by atoms with Crippen molar-refractivity contribution in [2.45, 2.75) is 38.4 Å². The van der Waals surface area contributed by atoms with Crippen LogP contribution in [0.15, 0.2) is 54.6 Å². The molecule has 2 aromatic rings. The van der Waals surface area contributed by atoms with Gasteiger partial charge in [-0.2, -0.15) is 0 Å². The SMILES string of the molecule is CC(C(=O)N(Cc1ccccc1)C1CC1)N1C(=O)c2ccccc2C1=O. The van der Waals surface area contributed by atoms with Crippen LogP contribution >= 0.6 is 0 Å². The summed E-state index contributed by atoms with van der Waals surface area (Å²) in [6, 6.07) is 15.9. The number of carbonyl (C=O) groups excluding carboxylic acids is 3. The molecule has 5 heteroatoms. The second kappa shape index (κ2) is 6.41. The van der Waals surface area contributed by atoms with Gasteiger partial charge in [0.1, 0.15) is 6.04 Å². The molecule has 2 aliphatic rings. The summed E-state index contributed by atoms with van der Waals surface area (Å²) in [7, 11) is 0. The van der Waals surface area contributed by atoms with E-state index in [1.165, 1.54) is 0 Å². The Hall–Kier alpha value is -2.95. The summed E-state index contributed by atoms with van der Waals surface area (Å²) in [5.41, 5.74) is 1.79. The number of rotatable bonds is 5. The van der Waals surface area contributed by atoms with Gasteiger partial charge < -0.3 is 4.90 Å². The smallest absolute Gasteiger partial charge is 0.262 e. The molecule has 1 unspecified atom stereocenters. The van der Waals surface area contributed by atoms with Crippen LogP contribution in [0.4, 0.5) is 0 Å². The molecule has 3 amide bonds. The first kappa shape index (κ1) is 16.5. The van der Waals surface area contributed by atoms with Crippen molar-refractivity contribution < 1.29 is 14.4 Å². The third kappa shape index (κ3) is 2.79. The molecule has 132 valence electrons. The Kier molecular flexibility index (Phi) is 4.07. The standard InChI is InChI=1S/C21H20N2O3/c1-14(23-20(25)17-9-5-6-10-18(17)21(23)26)19(24)22(16-11-12-16)13-15-7-3-2-4-8-15/h2-10,14,16H,11-13H2,1H3. The van der Waals surface area contributed by atoms with E-state index >= 15 is 0 Å². The highest BCUT2D eigenvalue weighted by Gasteiger charge is 2.43. The first-order chi connectivity index (χ1) is 12.6. The van der Waals surface area contributed by atoms with E-state index in [1.807, 2.05) is 35.2 Å². The number of hydrogen-bond acceptors (Lipinski definition) is 3. The molecule has 1 heterocycles. The molecule has 1 atom stereocenters. The van der Waals surface area contributed by atoms with Crippen molar-refractivity contribution in [2.24, 2.45) is 0 Å². The predicted molar refractivity (Wildman–Crippen MR) is 96.4 cm³/mol. The number of imide groups is 1. The van der Waals surface area contributed by atoms with Crippen LogP contribution < -0.4 is 0 Å². The molecule has 0 radical (unpaired) electrons. The second-order valence-corrected chi connectivity index (χ2v) is 6.88. The van der Waals surface area contributed by atoms with Gasteiger partial charge in [-0.15, -0.1) is 0 Å². The normalized spacial score (nSPS) is 17.2. The van der Waals surface area contributed by atoms with Gasteiger partial charge in [0.2, 0.25) is 5.91 Å². The maximum Gasteiger partial charge on any atom is 0.262 e. The Morgan fingerprint density at radius 1 is 1.00 bits per heavy atom. The summed E-state index contributed by atoms with van der Waals surface area (Å²) in [6.45, 7) is 2.14. The van der Waals surface area contributed by atoms with E-state index in [-0.39, 0.29) is 23.8 Å². The van der Waals surface area contributed by atoms with E-state index in [1.54, 1.807) is 31.2 Å². The van der Waals surface area contributed by atoms with Gasteiger partial charge in [0, 0.05) is 12.6 Å². The minimum atomic E-state index is -0.813. The van der Waals surface area contributed by atoms with Crippen LogP contribution in [0.2, 0.25) is 0 Å². The quantitative estimate of drug-likeness (QED) is 0.781. The fourth-order valence-electron chi connectivity index (χ4n) is 3.46. The molecular weight excluding hydrogens is 328 g/mol. The third-order valence-corrected chi connectivity index (χ3v) is 5.04. The van der Waals surface area contributed by atoms with Gasteiger partial charge >= 0.3 is 0 Å². The van der Waals surface area contributed by atoms with Crippen molar-refractivity contribution >= 4 is 17.7 Å². The van der Waals surface area contributed by atoms with Gasteiger partial charge in [-0.05, 0) is 37.5 Å². The van der Waals surface area contributed by atoms with Gasteiger partial charge in [0.15, 0.2) is 0 Å². The Bertz CT molecular complexity index is 839. The molecule has 0 saturated heterocycles. The lowest BCUT2D eigenvalue weighted by Crippen LogP contribution is -2.49. The summed E-state index contributed by atoms with van der Waals surface area (Å²) < 4.78 is 0. The molecular formula is C21H20N2O3. The van der Waals surface area contributed by atoms with Crippen molar-refractivity contribution in [2.75, 3.05) is 0 Å². The highest BCUT2D eigenvalue weighted by molar-refractivity contribution is 6.22. The maximum absolute atomic E-state index is 13.1. The van der Waals surface area contributed by atoms with Crippen molar-refractivity contribution in [1.29, 1.82) is 0 Å². The van der Waals surface area contributed by atoms with Gasteiger partial charge in [-0.3, -0.25) is 19.3 Å². The largest absolute Gasteiger partial charge is 0.334 e. The molecule has 26 heavy (non-hydrogen) atoms. The van der Waals surface area contributed by atoms with E-state index in [2.05, 4.69) is 0 Å². The van der Waals surface area contributed by atoms with Crippen LogP contribution in [0.3, 0.4) is 0 Å². The first-order valence-corrected chi connectivity index (χ1v) is 8.89. The van der Waals surface area contributed by atoms with Crippen LogP contribution in [0.5, 0.6) is 0 Å². The highest BCUT2D eigenvalue weighted by Crippen LogP contribution is 2.31. The lowest BCUT2D eigenvalue weighted by atomic mass is 10.1. The van der Waals surface area contributed by atoms with Gasteiger partial charge in [-0.1, -0.05) is 42.5 Å². The molecule has 0 spiro atoms. The molecule has 0 aromatic heterocycles. The van der Waals surface area contributed by atoms with Gasteiger partial charge in [0.25, 0.3) is 11.8 Å². The zero-order chi connectivity index (χ0) is 18.3. The van der Waals surface area contributed by atoms with Crippen LogP contribution in [0.25, 0.3) is 0 Å². The summed E-state index contributed by atoms with van der Waals surface area (Å²) in [6.07, 6.45) is 1.93. The molecule has 0 N–H and O–H groups in total. The molecule has 0 bridgehead atoms. The van der Waals surface area contributed by atoms with Gasteiger partial charge in [-0.25, -0.2) is 0 Å². The number of nitrogens with zero attached hydrogens (tertiary/aromatic N) is 2. The fraction of sp³-hybridized carbons (Fsp3) is 0.286. The molecule has 2 aromatic carbocycles. The Labute approximate surface area is 152 Å². The number of amides is 3. The number of fused-ring (bicyclic) bond motifs is 1. The molecule has 5 nitrogen and oxygen atoms in total. The van der Waals surface area contributed by atoms with E-state index in [0.717, 1.165) is 23.3 Å². The number of carbonyl (C=O) groups is 3. The predicted octanol–water partition coefficient (Wildman–Crippen LogP) is 2.86. The molecule has 4 rings (SSSR count). The first-order valence-electron chi connectivity index (χ1n) is 8.89. The Morgan fingerprint density at radius 2 is 1.54 bits per heavy atom. The zero-order valence-corrected chi connectivity index (χ0v) is 14.6. The van der Waals surface area contributed by atoms with E-state index < -0.39 is 6.04 Å². The fourth-order valence-corrected chi connectivity index (χ4v) is 3.46. The summed E-state index contributed by atoms with van der Waals surface area (Å²) in [5, 5.41) is 0. The van der Waals surface area contributed by atoms with E-state index in [9.17, 15) is 14.4 Å². The molecule has 1 saturated carbocycles. The second-order valence-electron chi connectivity index (χ2n) is 6.88. The number of hydrogen-bond donors (Lipinski definition) is 0. The Balaban J connectivity index is 1.57. The van der Waals surface area contributed by atoms with Crippen LogP contribution in [-0.4, -0.2) is 39.6 Å². The summed E-state index contributed by atoms with van der Waals surface area (Å²) in [5.74, 6) is -0.949. The van der Waals surface area contributed by atoms with Crippen LogP contribution in [0, 0.1) is 0 Å². The van der Waals surface area contributed by atoms with Crippen molar-refractivity contribution in [1.82, 2.24) is 9.80 Å². The zero-order valence-electron chi connectivity index (χ0n) is 14.6. The maximum atomic E-state index is 13.1.